The molecule has 7 nitrogen and oxygen atoms in total. The number of aromatic carboxylic acids is 1. The van der Waals surface area contributed by atoms with E-state index in [1.54, 1.807) is 24.3 Å². The molecule has 0 aliphatic rings. The minimum absolute atomic E-state index is 0.0387. The number of carboxylic acids is 1. The Hall–Kier alpha value is -2.06. The first-order valence-corrected chi connectivity index (χ1v) is 6.81. The average molecular weight is 283 g/mol. The van der Waals surface area contributed by atoms with Crippen molar-refractivity contribution in [2.75, 3.05) is 18.8 Å². The number of H-pyrrole nitrogens is 1. The third-order valence-electron chi connectivity index (χ3n) is 2.63. The van der Waals surface area contributed by atoms with Crippen LogP contribution in [0.2, 0.25) is 0 Å². The lowest BCUT2D eigenvalue weighted by atomic mass is 10.2. The van der Waals surface area contributed by atoms with Gasteiger partial charge in [-0.3, -0.25) is 4.72 Å². The summed E-state index contributed by atoms with van der Waals surface area (Å²) in [5, 5.41) is 9.63. The summed E-state index contributed by atoms with van der Waals surface area (Å²) in [6.07, 6.45) is 0. The molecule has 3 N–H and O–H groups in total. The van der Waals surface area contributed by atoms with Crippen LogP contribution in [0.4, 0.5) is 5.69 Å². The van der Waals surface area contributed by atoms with E-state index in [2.05, 4.69) is 9.71 Å². The number of carbonyl (C=O) groups is 1. The van der Waals surface area contributed by atoms with E-state index in [4.69, 9.17) is 5.11 Å². The molecular weight excluding hydrogens is 270 g/mol. The zero-order valence-corrected chi connectivity index (χ0v) is 11.2. The quantitative estimate of drug-likeness (QED) is 0.781. The smallest absolute Gasteiger partial charge is 0.354 e. The Balaban J connectivity index is 2.64. The highest BCUT2D eigenvalue weighted by atomic mass is 32.2. The Kier molecular flexibility index (Phi) is 3.21. The highest BCUT2D eigenvalue weighted by Crippen LogP contribution is 2.28. The van der Waals surface area contributed by atoms with E-state index in [1.807, 2.05) is 0 Å². The molecule has 2 aromatic rings. The monoisotopic (exact) mass is 283 g/mol. The van der Waals surface area contributed by atoms with Gasteiger partial charge in [-0.2, -0.15) is 12.7 Å². The highest BCUT2D eigenvalue weighted by Gasteiger charge is 2.22. The van der Waals surface area contributed by atoms with Gasteiger partial charge in [0.1, 0.15) is 5.69 Å². The van der Waals surface area contributed by atoms with E-state index in [1.165, 1.54) is 14.1 Å². The second kappa shape index (κ2) is 4.56. The summed E-state index contributed by atoms with van der Waals surface area (Å²) < 4.78 is 26.9. The van der Waals surface area contributed by atoms with Crippen molar-refractivity contribution in [3.05, 3.63) is 30.0 Å². The van der Waals surface area contributed by atoms with E-state index in [-0.39, 0.29) is 11.4 Å². The minimum Gasteiger partial charge on any atom is -0.477 e. The molecule has 1 heterocycles. The normalized spacial score (nSPS) is 11.9. The van der Waals surface area contributed by atoms with Crippen LogP contribution >= 0.6 is 0 Å². The first-order chi connectivity index (χ1) is 8.83. The fraction of sp³-hybridized carbons (Fsp3) is 0.182. The Morgan fingerprint density at radius 3 is 2.53 bits per heavy atom. The number of nitrogens with zero attached hydrogens (tertiary/aromatic N) is 1. The number of nitrogens with one attached hydrogen (secondary N) is 2. The molecule has 2 rings (SSSR count). The number of carboxylic acid groups (broad SMARTS) is 1. The molecule has 0 radical (unpaired) electrons. The number of benzene rings is 1. The van der Waals surface area contributed by atoms with Crippen molar-refractivity contribution >= 4 is 32.8 Å². The van der Waals surface area contributed by atoms with Crippen LogP contribution in [-0.2, 0) is 10.2 Å². The molecule has 0 aliphatic carbocycles. The van der Waals surface area contributed by atoms with Crippen molar-refractivity contribution < 1.29 is 18.3 Å². The number of rotatable bonds is 4. The van der Waals surface area contributed by atoms with Crippen LogP contribution in [0.15, 0.2) is 24.3 Å². The third-order valence-corrected chi connectivity index (χ3v) is 4.06. The minimum atomic E-state index is -3.77. The number of anilines is 1. The van der Waals surface area contributed by atoms with Crippen LogP contribution in [0.25, 0.3) is 10.9 Å². The van der Waals surface area contributed by atoms with Crippen molar-refractivity contribution in [2.24, 2.45) is 0 Å². The molecule has 1 aromatic heterocycles. The molecular formula is C11H13N3O4S. The van der Waals surface area contributed by atoms with Crippen LogP contribution < -0.4 is 4.72 Å². The van der Waals surface area contributed by atoms with Gasteiger partial charge >= 0.3 is 16.2 Å². The Bertz CT molecular complexity index is 733. The van der Waals surface area contributed by atoms with Gasteiger partial charge in [-0.1, -0.05) is 18.2 Å². The number of hydrogen-bond acceptors (Lipinski definition) is 3. The zero-order chi connectivity index (χ0) is 14.2. The molecule has 0 amide bonds. The standard InChI is InChI=1S/C11H13N3O4S/c1-14(2)19(17,18)13-9-7-5-3-4-6-8(7)12-10(9)11(15)16/h3-6,12-13H,1-2H3,(H,15,16). The van der Waals surface area contributed by atoms with Crippen LogP contribution in [-0.4, -0.2) is 42.9 Å². The van der Waals surface area contributed by atoms with Crippen LogP contribution in [0, 0.1) is 0 Å². The van der Waals surface area contributed by atoms with E-state index in [0.717, 1.165) is 4.31 Å². The van der Waals surface area contributed by atoms with Crippen molar-refractivity contribution in [3.63, 3.8) is 0 Å². The Morgan fingerprint density at radius 1 is 1.32 bits per heavy atom. The Morgan fingerprint density at radius 2 is 1.95 bits per heavy atom. The predicted molar refractivity (Wildman–Crippen MR) is 71.5 cm³/mol. The molecule has 0 saturated heterocycles. The summed E-state index contributed by atoms with van der Waals surface area (Å²) in [6.45, 7) is 0. The number of fused-ring (bicyclic) bond motifs is 1. The average Bonchev–Trinajstić information content (AvgIpc) is 2.68. The summed E-state index contributed by atoms with van der Waals surface area (Å²) in [5.41, 5.74) is 0.403. The maximum Gasteiger partial charge on any atom is 0.354 e. The van der Waals surface area contributed by atoms with Crippen LogP contribution in [0.1, 0.15) is 10.5 Å². The number of aromatic nitrogens is 1. The number of aromatic amines is 1. The fourth-order valence-electron chi connectivity index (χ4n) is 1.63. The van der Waals surface area contributed by atoms with Gasteiger partial charge in [0, 0.05) is 25.0 Å². The van der Waals surface area contributed by atoms with Crippen molar-refractivity contribution in [1.82, 2.24) is 9.29 Å². The first kappa shape index (κ1) is 13.4. The topological polar surface area (TPSA) is 102 Å². The maximum atomic E-state index is 11.8. The molecule has 102 valence electrons. The van der Waals surface area contributed by atoms with Gasteiger partial charge in [-0.25, -0.2) is 4.79 Å². The second-order valence-corrected chi connectivity index (χ2v) is 6.00. The lowest BCUT2D eigenvalue weighted by Crippen LogP contribution is -2.29. The van der Waals surface area contributed by atoms with Gasteiger partial charge in [0.05, 0.1) is 5.69 Å². The van der Waals surface area contributed by atoms with Gasteiger partial charge in [-0.05, 0) is 6.07 Å². The van der Waals surface area contributed by atoms with Gasteiger partial charge in [0.15, 0.2) is 0 Å². The summed E-state index contributed by atoms with van der Waals surface area (Å²) in [6, 6.07) is 6.75. The SMILES string of the molecule is CN(C)S(=O)(=O)Nc1c(C(=O)O)[nH]c2ccccc12. The summed E-state index contributed by atoms with van der Waals surface area (Å²) in [4.78, 5) is 13.8. The summed E-state index contributed by atoms with van der Waals surface area (Å²) in [5.74, 6) is -1.23. The predicted octanol–water partition coefficient (Wildman–Crippen LogP) is 1.08. The summed E-state index contributed by atoms with van der Waals surface area (Å²) in [7, 11) is -1.05. The summed E-state index contributed by atoms with van der Waals surface area (Å²) >= 11 is 0. The van der Waals surface area contributed by atoms with Gasteiger partial charge in [-0.15, -0.1) is 0 Å². The second-order valence-electron chi connectivity index (χ2n) is 4.12. The third kappa shape index (κ3) is 2.40. The largest absolute Gasteiger partial charge is 0.477 e. The molecule has 0 aliphatic heterocycles. The van der Waals surface area contributed by atoms with Gasteiger partial charge in [0.2, 0.25) is 0 Å². The lowest BCUT2D eigenvalue weighted by Gasteiger charge is -2.13. The van der Waals surface area contributed by atoms with Gasteiger partial charge in [0.25, 0.3) is 0 Å². The van der Waals surface area contributed by atoms with E-state index >= 15 is 0 Å². The highest BCUT2D eigenvalue weighted by molar-refractivity contribution is 7.90. The molecule has 0 saturated carbocycles. The lowest BCUT2D eigenvalue weighted by molar-refractivity contribution is 0.0692. The molecule has 0 atom stereocenters. The molecule has 8 heteroatoms. The van der Waals surface area contributed by atoms with Crippen LogP contribution in [0.5, 0.6) is 0 Å². The van der Waals surface area contributed by atoms with E-state index in [0.29, 0.717) is 10.9 Å². The first-order valence-electron chi connectivity index (χ1n) is 5.37. The molecule has 0 unspecified atom stereocenters. The molecule has 1 aromatic carbocycles. The van der Waals surface area contributed by atoms with E-state index in [9.17, 15) is 13.2 Å². The molecule has 0 fully saturated rings. The Labute approximate surface area is 110 Å². The van der Waals surface area contributed by atoms with Gasteiger partial charge < -0.3 is 10.1 Å². The zero-order valence-electron chi connectivity index (χ0n) is 10.3. The fourth-order valence-corrected chi connectivity index (χ4v) is 2.28. The molecule has 0 spiro atoms. The number of para-hydroxylation sites is 1. The van der Waals surface area contributed by atoms with Crippen molar-refractivity contribution in [1.29, 1.82) is 0 Å². The maximum absolute atomic E-state index is 11.8. The molecule has 19 heavy (non-hydrogen) atoms. The number of hydrogen-bond donors (Lipinski definition) is 3. The van der Waals surface area contributed by atoms with E-state index < -0.39 is 16.2 Å². The van der Waals surface area contributed by atoms with Crippen LogP contribution in [0.3, 0.4) is 0 Å². The molecule has 0 bridgehead atoms. The van der Waals surface area contributed by atoms with Crippen molar-refractivity contribution in [2.45, 2.75) is 0 Å². The van der Waals surface area contributed by atoms with Crippen molar-refractivity contribution in [3.8, 4) is 0 Å².